The number of sulfonamides is 1. The fraction of sp³-hybridized carbons (Fsp3) is 0.600. The summed E-state index contributed by atoms with van der Waals surface area (Å²) < 4.78 is 28.1. The van der Waals surface area contributed by atoms with Crippen molar-refractivity contribution in [2.45, 2.75) is 56.5 Å². The highest BCUT2D eigenvalue weighted by molar-refractivity contribution is 7.89. The molecule has 0 heterocycles. The maximum Gasteiger partial charge on any atom is 0.241 e. The van der Waals surface area contributed by atoms with E-state index in [-0.39, 0.29) is 6.04 Å². The van der Waals surface area contributed by atoms with Crippen molar-refractivity contribution in [3.05, 3.63) is 29.3 Å². The Morgan fingerprint density at radius 2 is 1.95 bits per heavy atom. The van der Waals surface area contributed by atoms with Crippen LogP contribution in [-0.4, -0.2) is 21.5 Å². The van der Waals surface area contributed by atoms with Crippen molar-refractivity contribution >= 4 is 10.0 Å². The van der Waals surface area contributed by atoms with Crippen LogP contribution < -0.4 is 10.0 Å². The maximum absolute atomic E-state index is 12.6. The highest BCUT2D eigenvalue weighted by Crippen LogP contribution is 2.23. The first kappa shape index (κ1) is 15.5. The normalized spacial score (nSPS) is 16.7. The summed E-state index contributed by atoms with van der Waals surface area (Å²) in [7, 11) is -1.55. The Hall–Kier alpha value is -0.910. The van der Waals surface area contributed by atoms with Gasteiger partial charge in [-0.1, -0.05) is 31.9 Å². The van der Waals surface area contributed by atoms with Crippen molar-refractivity contribution in [3.8, 4) is 0 Å². The molecule has 0 atom stereocenters. The van der Waals surface area contributed by atoms with Crippen molar-refractivity contribution in [2.24, 2.45) is 0 Å². The molecule has 0 aromatic heterocycles. The van der Waals surface area contributed by atoms with Crippen LogP contribution in [0.1, 0.15) is 43.7 Å². The van der Waals surface area contributed by atoms with E-state index in [9.17, 15) is 8.42 Å². The first-order valence-corrected chi connectivity index (χ1v) is 8.84. The number of nitrogens with one attached hydrogen (secondary N) is 2. The Bertz CT molecular complexity index is 549. The van der Waals surface area contributed by atoms with Crippen LogP contribution in [0.3, 0.4) is 0 Å². The monoisotopic (exact) mass is 296 g/mol. The van der Waals surface area contributed by atoms with Gasteiger partial charge in [0, 0.05) is 12.6 Å². The van der Waals surface area contributed by atoms with Gasteiger partial charge in [0.15, 0.2) is 0 Å². The third kappa shape index (κ3) is 3.59. The fourth-order valence-electron chi connectivity index (χ4n) is 2.78. The first-order chi connectivity index (χ1) is 9.56. The second-order valence-corrected chi connectivity index (χ2v) is 7.11. The van der Waals surface area contributed by atoms with E-state index in [1.54, 1.807) is 6.07 Å². The van der Waals surface area contributed by atoms with E-state index < -0.39 is 10.0 Å². The molecule has 1 fully saturated rings. The minimum absolute atomic E-state index is 0.109. The summed E-state index contributed by atoms with van der Waals surface area (Å²) in [5.41, 5.74) is 1.88. The summed E-state index contributed by atoms with van der Waals surface area (Å²) in [6, 6.07) is 5.82. The molecular formula is C15H24N2O2S. The molecule has 0 aliphatic heterocycles. The topological polar surface area (TPSA) is 58.2 Å². The van der Waals surface area contributed by atoms with E-state index in [0.717, 1.165) is 43.2 Å². The summed E-state index contributed by atoms with van der Waals surface area (Å²) in [4.78, 5) is 0.444. The van der Waals surface area contributed by atoms with Crippen molar-refractivity contribution in [2.75, 3.05) is 7.05 Å². The largest absolute Gasteiger partial charge is 0.316 e. The quantitative estimate of drug-likeness (QED) is 0.846. The van der Waals surface area contributed by atoms with Gasteiger partial charge in [-0.15, -0.1) is 0 Å². The van der Waals surface area contributed by atoms with E-state index in [0.29, 0.717) is 11.4 Å². The van der Waals surface area contributed by atoms with Crippen molar-refractivity contribution in [3.63, 3.8) is 0 Å². The lowest BCUT2D eigenvalue weighted by Crippen LogP contribution is -2.33. The molecule has 1 aliphatic rings. The van der Waals surface area contributed by atoms with E-state index in [2.05, 4.69) is 10.0 Å². The Morgan fingerprint density at radius 3 is 2.55 bits per heavy atom. The molecule has 1 aromatic carbocycles. The number of rotatable bonds is 6. The molecular weight excluding hydrogens is 272 g/mol. The van der Waals surface area contributed by atoms with E-state index in [1.165, 1.54) is 0 Å². The van der Waals surface area contributed by atoms with Crippen LogP contribution >= 0.6 is 0 Å². The highest BCUT2D eigenvalue weighted by Gasteiger charge is 2.24. The van der Waals surface area contributed by atoms with Crippen LogP contribution in [0.25, 0.3) is 0 Å². The van der Waals surface area contributed by atoms with Gasteiger partial charge < -0.3 is 5.32 Å². The Labute approximate surface area is 122 Å². The first-order valence-electron chi connectivity index (χ1n) is 7.35. The van der Waals surface area contributed by atoms with Gasteiger partial charge in [-0.3, -0.25) is 0 Å². The van der Waals surface area contributed by atoms with Crippen LogP contribution in [0, 0.1) is 0 Å². The predicted octanol–water partition coefficient (Wildman–Crippen LogP) is 2.19. The Balaban J connectivity index is 2.29. The molecule has 2 rings (SSSR count). The predicted molar refractivity (Wildman–Crippen MR) is 81.2 cm³/mol. The van der Waals surface area contributed by atoms with E-state index >= 15 is 0 Å². The number of hydrogen-bond donors (Lipinski definition) is 2. The van der Waals surface area contributed by atoms with Crippen LogP contribution in [0.2, 0.25) is 0 Å². The molecule has 0 saturated heterocycles. The van der Waals surface area contributed by atoms with Gasteiger partial charge in [0.1, 0.15) is 0 Å². The Kier molecular flexibility index (Phi) is 5.18. The molecule has 1 saturated carbocycles. The standard InChI is InChI=1S/C15H24N2O2S/c1-3-13-9-8-12(11-16-2)10-15(13)20(18,19)17-14-6-4-5-7-14/h8-10,14,16-17H,3-7,11H2,1-2H3. The average molecular weight is 296 g/mol. The van der Waals surface area contributed by atoms with Crippen molar-refractivity contribution in [1.82, 2.24) is 10.0 Å². The van der Waals surface area contributed by atoms with Crippen molar-refractivity contribution in [1.29, 1.82) is 0 Å². The maximum atomic E-state index is 12.6. The third-order valence-electron chi connectivity index (χ3n) is 3.86. The third-order valence-corrected chi connectivity index (χ3v) is 5.46. The molecule has 112 valence electrons. The molecule has 0 spiro atoms. The number of hydrogen-bond acceptors (Lipinski definition) is 3. The zero-order valence-corrected chi connectivity index (χ0v) is 13.1. The lowest BCUT2D eigenvalue weighted by molar-refractivity contribution is 0.551. The molecule has 1 aliphatic carbocycles. The van der Waals surface area contributed by atoms with Gasteiger partial charge in [-0.05, 0) is 43.5 Å². The van der Waals surface area contributed by atoms with Crippen LogP contribution in [0.4, 0.5) is 0 Å². The van der Waals surface area contributed by atoms with Gasteiger partial charge in [0.2, 0.25) is 10.0 Å². The van der Waals surface area contributed by atoms with E-state index in [4.69, 9.17) is 0 Å². The number of aryl methyl sites for hydroxylation is 1. The van der Waals surface area contributed by atoms with Gasteiger partial charge in [-0.2, -0.15) is 0 Å². The smallest absolute Gasteiger partial charge is 0.241 e. The van der Waals surface area contributed by atoms with E-state index in [1.807, 2.05) is 26.1 Å². The summed E-state index contributed by atoms with van der Waals surface area (Å²) in [6.45, 7) is 2.66. The Morgan fingerprint density at radius 1 is 1.25 bits per heavy atom. The summed E-state index contributed by atoms with van der Waals surface area (Å²) >= 11 is 0. The van der Waals surface area contributed by atoms with Gasteiger partial charge in [-0.25, -0.2) is 13.1 Å². The molecule has 1 aromatic rings. The minimum atomic E-state index is -3.41. The van der Waals surface area contributed by atoms with Crippen LogP contribution in [0.15, 0.2) is 23.1 Å². The van der Waals surface area contributed by atoms with Gasteiger partial charge in [0.25, 0.3) is 0 Å². The molecule has 0 bridgehead atoms. The SMILES string of the molecule is CCc1ccc(CNC)cc1S(=O)(=O)NC1CCCC1. The summed E-state index contributed by atoms with van der Waals surface area (Å²) in [6.07, 6.45) is 4.87. The molecule has 2 N–H and O–H groups in total. The zero-order chi connectivity index (χ0) is 14.6. The van der Waals surface area contributed by atoms with Crippen LogP contribution in [-0.2, 0) is 23.0 Å². The second-order valence-electron chi connectivity index (χ2n) is 5.43. The second kappa shape index (κ2) is 6.70. The average Bonchev–Trinajstić information content (AvgIpc) is 2.91. The minimum Gasteiger partial charge on any atom is -0.316 e. The van der Waals surface area contributed by atoms with Crippen LogP contribution in [0.5, 0.6) is 0 Å². The summed E-state index contributed by atoms with van der Waals surface area (Å²) in [5.74, 6) is 0. The molecule has 20 heavy (non-hydrogen) atoms. The lowest BCUT2D eigenvalue weighted by atomic mass is 10.1. The van der Waals surface area contributed by atoms with Gasteiger partial charge in [0.05, 0.1) is 4.90 Å². The molecule has 0 radical (unpaired) electrons. The van der Waals surface area contributed by atoms with Gasteiger partial charge >= 0.3 is 0 Å². The summed E-state index contributed by atoms with van der Waals surface area (Å²) in [5, 5.41) is 3.06. The molecule has 5 heteroatoms. The fourth-order valence-corrected chi connectivity index (χ4v) is 4.45. The molecule has 0 unspecified atom stereocenters. The lowest BCUT2D eigenvalue weighted by Gasteiger charge is -2.16. The highest BCUT2D eigenvalue weighted by atomic mass is 32.2. The van der Waals surface area contributed by atoms with Crippen molar-refractivity contribution < 1.29 is 8.42 Å². The molecule has 0 amide bonds. The number of benzene rings is 1. The molecule has 4 nitrogen and oxygen atoms in total. The zero-order valence-electron chi connectivity index (χ0n) is 12.3.